The van der Waals surface area contributed by atoms with Crippen LogP contribution in [0.4, 0.5) is 4.39 Å². The largest absolute Gasteiger partial charge is 0.390 e. The molecule has 1 rings (SSSR count). The molecule has 0 saturated carbocycles. The van der Waals surface area contributed by atoms with Gasteiger partial charge in [0.05, 0.1) is 11.1 Å². The van der Waals surface area contributed by atoms with Gasteiger partial charge in [-0.3, -0.25) is 4.98 Å². The average Bonchev–Trinajstić information content (AvgIpc) is 2.17. The summed E-state index contributed by atoms with van der Waals surface area (Å²) in [5.74, 6) is -0.573. The molecule has 15 heavy (non-hydrogen) atoms. The SMILES string of the molecule is OC(CCCl)C(O)c1ncc(Cl)cc1F. The number of nitrogens with zero attached hydrogens (tertiary/aromatic N) is 1. The Morgan fingerprint density at radius 1 is 1.47 bits per heavy atom. The number of aliphatic hydroxyl groups excluding tert-OH is 2. The van der Waals surface area contributed by atoms with Crippen molar-refractivity contribution in [2.24, 2.45) is 0 Å². The van der Waals surface area contributed by atoms with E-state index in [1.165, 1.54) is 6.20 Å². The quantitative estimate of drug-likeness (QED) is 0.807. The highest BCUT2D eigenvalue weighted by molar-refractivity contribution is 6.30. The summed E-state index contributed by atoms with van der Waals surface area (Å²) in [5, 5.41) is 19.1. The van der Waals surface area contributed by atoms with Gasteiger partial charge in [-0.25, -0.2) is 4.39 Å². The Bertz CT molecular complexity index is 338. The van der Waals surface area contributed by atoms with Gasteiger partial charge in [0.1, 0.15) is 17.6 Å². The first kappa shape index (κ1) is 12.6. The average molecular weight is 254 g/mol. The number of rotatable bonds is 4. The molecule has 1 aromatic heterocycles. The Balaban J connectivity index is 2.86. The Labute approximate surface area is 96.5 Å². The van der Waals surface area contributed by atoms with E-state index < -0.39 is 18.0 Å². The van der Waals surface area contributed by atoms with Gasteiger partial charge in [-0.05, 0) is 12.5 Å². The monoisotopic (exact) mass is 253 g/mol. The molecule has 2 atom stereocenters. The van der Waals surface area contributed by atoms with Crippen molar-refractivity contribution < 1.29 is 14.6 Å². The third kappa shape index (κ3) is 3.28. The maximum absolute atomic E-state index is 13.3. The highest BCUT2D eigenvalue weighted by Gasteiger charge is 2.22. The topological polar surface area (TPSA) is 53.4 Å². The molecule has 6 heteroatoms. The minimum atomic E-state index is -1.39. The molecule has 0 aromatic carbocycles. The minimum Gasteiger partial charge on any atom is -0.390 e. The molecular weight excluding hydrogens is 244 g/mol. The molecule has 0 aliphatic heterocycles. The van der Waals surface area contributed by atoms with E-state index >= 15 is 0 Å². The highest BCUT2D eigenvalue weighted by Crippen LogP contribution is 2.22. The van der Waals surface area contributed by atoms with Gasteiger partial charge in [0.25, 0.3) is 0 Å². The Morgan fingerprint density at radius 3 is 2.67 bits per heavy atom. The van der Waals surface area contributed by atoms with Crippen LogP contribution in [0.15, 0.2) is 12.3 Å². The van der Waals surface area contributed by atoms with Crippen molar-refractivity contribution in [1.82, 2.24) is 4.98 Å². The summed E-state index contributed by atoms with van der Waals surface area (Å²) in [6, 6.07) is 1.03. The molecule has 84 valence electrons. The maximum atomic E-state index is 13.3. The summed E-state index contributed by atoms with van der Waals surface area (Å²) in [6.45, 7) is 0. The summed E-state index contributed by atoms with van der Waals surface area (Å²) >= 11 is 10.9. The molecule has 0 aliphatic rings. The number of hydrogen-bond donors (Lipinski definition) is 2. The molecule has 1 heterocycles. The fraction of sp³-hybridized carbons (Fsp3) is 0.444. The van der Waals surface area contributed by atoms with Crippen LogP contribution < -0.4 is 0 Å². The Hall–Kier alpha value is -0.420. The van der Waals surface area contributed by atoms with E-state index in [9.17, 15) is 14.6 Å². The van der Waals surface area contributed by atoms with Gasteiger partial charge >= 0.3 is 0 Å². The van der Waals surface area contributed by atoms with E-state index in [0.29, 0.717) is 0 Å². The van der Waals surface area contributed by atoms with Crippen molar-refractivity contribution in [1.29, 1.82) is 0 Å². The molecular formula is C9H10Cl2FNO2. The summed E-state index contributed by atoms with van der Waals surface area (Å²) in [5.41, 5.74) is -0.225. The second kappa shape index (κ2) is 5.61. The first-order chi connectivity index (χ1) is 7.06. The van der Waals surface area contributed by atoms with Gasteiger partial charge in [-0.1, -0.05) is 11.6 Å². The third-order valence-electron chi connectivity index (χ3n) is 1.89. The zero-order valence-corrected chi connectivity index (χ0v) is 9.21. The minimum absolute atomic E-state index is 0.135. The molecule has 0 aliphatic carbocycles. The smallest absolute Gasteiger partial charge is 0.148 e. The van der Waals surface area contributed by atoms with E-state index in [1.54, 1.807) is 0 Å². The summed E-state index contributed by atoms with van der Waals surface area (Å²) < 4.78 is 13.3. The lowest BCUT2D eigenvalue weighted by Gasteiger charge is -2.16. The highest BCUT2D eigenvalue weighted by atomic mass is 35.5. The second-order valence-electron chi connectivity index (χ2n) is 3.01. The molecule has 2 unspecified atom stereocenters. The van der Waals surface area contributed by atoms with Crippen LogP contribution in [0.25, 0.3) is 0 Å². The van der Waals surface area contributed by atoms with Crippen LogP contribution in [0.3, 0.4) is 0 Å². The fourth-order valence-electron chi connectivity index (χ4n) is 1.09. The van der Waals surface area contributed by atoms with Crippen molar-refractivity contribution in [3.63, 3.8) is 0 Å². The lowest BCUT2D eigenvalue weighted by molar-refractivity contribution is 0.0122. The Kier molecular flexibility index (Phi) is 4.73. The molecule has 0 amide bonds. The standard InChI is InChI=1S/C9H10Cl2FNO2/c10-2-1-7(14)9(15)8-6(12)3-5(11)4-13-8/h3-4,7,9,14-15H,1-2H2. The summed E-state index contributed by atoms with van der Waals surface area (Å²) in [4.78, 5) is 3.62. The molecule has 0 fully saturated rings. The van der Waals surface area contributed by atoms with Gasteiger partial charge in [-0.15, -0.1) is 11.6 Å². The molecule has 1 aromatic rings. The van der Waals surface area contributed by atoms with Crippen LogP contribution in [0.2, 0.25) is 5.02 Å². The van der Waals surface area contributed by atoms with Crippen molar-refractivity contribution in [3.8, 4) is 0 Å². The Morgan fingerprint density at radius 2 is 2.13 bits per heavy atom. The number of pyridine rings is 1. The zero-order chi connectivity index (χ0) is 11.4. The lowest BCUT2D eigenvalue weighted by Crippen LogP contribution is -2.20. The summed E-state index contributed by atoms with van der Waals surface area (Å²) in [6.07, 6.45) is -1.16. The number of aromatic nitrogens is 1. The number of halogens is 3. The number of hydrogen-bond acceptors (Lipinski definition) is 3. The van der Waals surface area contributed by atoms with E-state index in [1.807, 2.05) is 0 Å². The maximum Gasteiger partial charge on any atom is 0.148 e. The van der Waals surface area contributed by atoms with E-state index in [-0.39, 0.29) is 23.0 Å². The van der Waals surface area contributed by atoms with Gasteiger partial charge < -0.3 is 10.2 Å². The predicted octanol–water partition coefficient (Wildman–Crippen LogP) is 1.90. The molecule has 2 N–H and O–H groups in total. The van der Waals surface area contributed by atoms with Crippen LogP contribution >= 0.6 is 23.2 Å². The molecule has 0 bridgehead atoms. The normalized spacial score (nSPS) is 15.0. The van der Waals surface area contributed by atoms with Gasteiger partial charge in [0.15, 0.2) is 0 Å². The molecule has 0 saturated heterocycles. The van der Waals surface area contributed by atoms with Crippen molar-refractivity contribution >= 4 is 23.2 Å². The van der Waals surface area contributed by atoms with Crippen molar-refractivity contribution in [2.45, 2.75) is 18.6 Å². The van der Waals surface area contributed by atoms with Gasteiger partial charge in [-0.2, -0.15) is 0 Å². The van der Waals surface area contributed by atoms with Crippen LogP contribution in [-0.2, 0) is 0 Å². The molecule has 0 spiro atoms. The van der Waals surface area contributed by atoms with Crippen LogP contribution in [0.5, 0.6) is 0 Å². The van der Waals surface area contributed by atoms with Crippen molar-refractivity contribution in [2.75, 3.05) is 5.88 Å². The van der Waals surface area contributed by atoms with Crippen molar-refractivity contribution in [3.05, 3.63) is 28.8 Å². The van der Waals surface area contributed by atoms with Crippen LogP contribution in [0, 0.1) is 5.82 Å². The lowest BCUT2D eigenvalue weighted by atomic mass is 10.1. The van der Waals surface area contributed by atoms with Crippen LogP contribution in [0.1, 0.15) is 18.2 Å². The summed E-state index contributed by atoms with van der Waals surface area (Å²) in [7, 11) is 0. The molecule has 3 nitrogen and oxygen atoms in total. The number of aliphatic hydroxyl groups is 2. The van der Waals surface area contributed by atoms with Gasteiger partial charge in [0.2, 0.25) is 0 Å². The predicted molar refractivity (Wildman–Crippen MR) is 55.5 cm³/mol. The zero-order valence-electron chi connectivity index (χ0n) is 7.70. The van der Waals surface area contributed by atoms with Crippen LogP contribution in [-0.4, -0.2) is 27.2 Å². The van der Waals surface area contributed by atoms with E-state index in [2.05, 4.69) is 4.98 Å². The second-order valence-corrected chi connectivity index (χ2v) is 3.82. The third-order valence-corrected chi connectivity index (χ3v) is 2.31. The van der Waals surface area contributed by atoms with E-state index in [4.69, 9.17) is 23.2 Å². The first-order valence-electron chi connectivity index (χ1n) is 4.29. The fourth-order valence-corrected chi connectivity index (χ4v) is 1.46. The van der Waals surface area contributed by atoms with E-state index in [0.717, 1.165) is 6.07 Å². The number of alkyl halides is 1. The first-order valence-corrected chi connectivity index (χ1v) is 5.20. The molecule has 0 radical (unpaired) electrons. The van der Waals surface area contributed by atoms with Gasteiger partial charge in [0, 0.05) is 12.1 Å².